The number of ether oxygens (including phenoxy) is 2. The van der Waals surface area contributed by atoms with Gasteiger partial charge in [0.05, 0.1) is 0 Å². The number of epoxide rings is 1. The van der Waals surface area contributed by atoms with Crippen LogP contribution >= 0.6 is 0 Å². The Hall–Kier alpha value is -2.39. The van der Waals surface area contributed by atoms with Crippen molar-refractivity contribution in [1.29, 1.82) is 0 Å². The van der Waals surface area contributed by atoms with Crippen LogP contribution < -0.4 is 4.74 Å². The molecule has 2 aromatic carbocycles. The number of hydrogen-bond donors (Lipinski definition) is 0. The maximum atomic E-state index is 11.8. The van der Waals surface area contributed by atoms with E-state index < -0.39 is 6.10 Å². The molecule has 1 saturated heterocycles. The van der Waals surface area contributed by atoms with Crippen molar-refractivity contribution >= 4 is 12.0 Å². The average Bonchev–Trinajstić information content (AvgIpc) is 3.27. The minimum atomic E-state index is -0.491. The highest BCUT2D eigenvalue weighted by atomic mass is 16.6. The van der Waals surface area contributed by atoms with E-state index >= 15 is 0 Å². The van der Waals surface area contributed by atoms with Gasteiger partial charge in [-0.25, -0.2) is 4.79 Å². The fraction of sp³-hybridized carbons (Fsp3) is 0.118. The van der Waals surface area contributed by atoms with Crippen molar-refractivity contribution in [3.05, 3.63) is 72.3 Å². The molecular formula is C17H14O3. The summed E-state index contributed by atoms with van der Waals surface area (Å²) in [6.07, 6.45) is 3.15. The first-order valence-electron chi connectivity index (χ1n) is 6.48. The predicted octanol–water partition coefficient (Wildman–Crippen LogP) is 3.07. The molecule has 0 bridgehead atoms. The summed E-state index contributed by atoms with van der Waals surface area (Å²) in [7, 11) is 0. The summed E-state index contributed by atoms with van der Waals surface area (Å²) in [5.41, 5.74) is 1.08. The van der Waals surface area contributed by atoms with Gasteiger partial charge in [0.1, 0.15) is 11.9 Å². The minimum Gasteiger partial charge on any atom is -0.425 e. The van der Waals surface area contributed by atoms with E-state index in [4.69, 9.17) is 9.47 Å². The van der Waals surface area contributed by atoms with E-state index in [1.165, 1.54) is 0 Å². The zero-order valence-corrected chi connectivity index (χ0v) is 10.8. The zero-order valence-electron chi connectivity index (χ0n) is 10.8. The quantitative estimate of drug-likeness (QED) is 0.485. The average molecular weight is 266 g/mol. The van der Waals surface area contributed by atoms with E-state index in [0.29, 0.717) is 5.75 Å². The molecule has 0 radical (unpaired) electrons. The molecule has 1 heterocycles. The van der Waals surface area contributed by atoms with Gasteiger partial charge < -0.3 is 9.47 Å². The highest BCUT2D eigenvalue weighted by Gasteiger charge is 2.44. The lowest BCUT2D eigenvalue weighted by Crippen LogP contribution is -2.16. The maximum Gasteiger partial charge on any atom is 0.343 e. The number of rotatable bonds is 4. The zero-order chi connectivity index (χ0) is 13.8. The third-order valence-corrected chi connectivity index (χ3v) is 3.00. The van der Waals surface area contributed by atoms with Crippen LogP contribution in [0.2, 0.25) is 0 Å². The Kier molecular flexibility index (Phi) is 3.61. The van der Waals surface area contributed by atoms with Crippen LogP contribution in [0.1, 0.15) is 5.56 Å². The van der Waals surface area contributed by atoms with Crippen LogP contribution in [0.15, 0.2) is 66.7 Å². The Morgan fingerprint density at radius 1 is 1.00 bits per heavy atom. The van der Waals surface area contributed by atoms with E-state index in [2.05, 4.69) is 0 Å². The fourth-order valence-corrected chi connectivity index (χ4v) is 1.89. The molecule has 1 fully saturated rings. The summed E-state index contributed by atoms with van der Waals surface area (Å²) >= 11 is 0. The molecule has 20 heavy (non-hydrogen) atoms. The first-order valence-corrected chi connectivity index (χ1v) is 6.48. The van der Waals surface area contributed by atoms with Crippen LogP contribution in [0.4, 0.5) is 0 Å². The molecule has 0 aliphatic carbocycles. The number of esters is 1. The number of benzene rings is 2. The second kappa shape index (κ2) is 5.72. The number of carbonyl (C=O) groups is 1. The Morgan fingerprint density at radius 3 is 2.35 bits per heavy atom. The van der Waals surface area contributed by atoms with Crippen LogP contribution in [0.3, 0.4) is 0 Å². The van der Waals surface area contributed by atoms with E-state index in [1.807, 2.05) is 60.7 Å². The summed E-state index contributed by atoms with van der Waals surface area (Å²) in [4.78, 5) is 11.8. The third kappa shape index (κ3) is 3.13. The van der Waals surface area contributed by atoms with Crippen LogP contribution in [0.25, 0.3) is 6.08 Å². The molecule has 0 aromatic heterocycles. The van der Waals surface area contributed by atoms with Crippen molar-refractivity contribution in [2.45, 2.75) is 12.2 Å². The van der Waals surface area contributed by atoms with Gasteiger partial charge in [-0.3, -0.25) is 0 Å². The molecule has 0 N–H and O–H groups in total. The second-order valence-electron chi connectivity index (χ2n) is 4.53. The van der Waals surface area contributed by atoms with Gasteiger partial charge in [-0.05, 0) is 17.7 Å². The number of carbonyl (C=O) groups excluding carboxylic acids is 1. The van der Waals surface area contributed by atoms with Crippen molar-refractivity contribution in [3.63, 3.8) is 0 Å². The minimum absolute atomic E-state index is 0.189. The molecule has 1 aliphatic rings. The third-order valence-electron chi connectivity index (χ3n) is 3.00. The van der Waals surface area contributed by atoms with Gasteiger partial charge in [0, 0.05) is 0 Å². The Morgan fingerprint density at radius 2 is 1.65 bits per heavy atom. The topological polar surface area (TPSA) is 38.8 Å². The molecule has 0 amide bonds. The first kappa shape index (κ1) is 12.6. The van der Waals surface area contributed by atoms with Crippen LogP contribution in [0.5, 0.6) is 5.75 Å². The SMILES string of the molecule is O=C(Oc1ccccc1)[C@H]1O[C@@H]1/C=C/c1ccccc1. The fourth-order valence-electron chi connectivity index (χ4n) is 1.89. The van der Waals surface area contributed by atoms with Crippen molar-refractivity contribution in [3.8, 4) is 5.75 Å². The maximum absolute atomic E-state index is 11.8. The Balaban J connectivity index is 1.54. The van der Waals surface area contributed by atoms with Crippen molar-refractivity contribution in [1.82, 2.24) is 0 Å². The lowest BCUT2D eigenvalue weighted by molar-refractivity contribution is -0.135. The highest BCUT2D eigenvalue weighted by Crippen LogP contribution is 2.26. The van der Waals surface area contributed by atoms with Crippen molar-refractivity contribution in [2.24, 2.45) is 0 Å². The Bertz CT molecular complexity index is 605. The summed E-state index contributed by atoms with van der Waals surface area (Å²) in [6, 6.07) is 18.9. The lowest BCUT2D eigenvalue weighted by Gasteiger charge is -2.00. The second-order valence-corrected chi connectivity index (χ2v) is 4.53. The molecule has 2 atom stereocenters. The molecule has 0 spiro atoms. The molecule has 1 aliphatic heterocycles. The van der Waals surface area contributed by atoms with Crippen LogP contribution in [0, 0.1) is 0 Å². The van der Waals surface area contributed by atoms with Gasteiger partial charge in [0.25, 0.3) is 0 Å². The van der Waals surface area contributed by atoms with E-state index in [9.17, 15) is 4.79 Å². The van der Waals surface area contributed by atoms with Gasteiger partial charge in [-0.15, -0.1) is 0 Å². The highest BCUT2D eigenvalue weighted by molar-refractivity contribution is 5.81. The summed E-state index contributed by atoms with van der Waals surface area (Å²) in [5.74, 6) is 0.192. The Labute approximate surface area is 117 Å². The van der Waals surface area contributed by atoms with E-state index in [1.54, 1.807) is 12.1 Å². The molecule has 100 valence electrons. The standard InChI is InChI=1S/C17H14O3/c18-17(19-14-9-5-2-6-10-14)16-15(20-16)12-11-13-7-3-1-4-8-13/h1-12,15-16H/b12-11+/t15-,16+/m1/s1. The molecule has 3 rings (SSSR count). The largest absolute Gasteiger partial charge is 0.425 e. The predicted molar refractivity (Wildman–Crippen MR) is 76.2 cm³/mol. The summed E-state index contributed by atoms with van der Waals surface area (Å²) < 4.78 is 10.5. The van der Waals surface area contributed by atoms with Gasteiger partial charge in [0.15, 0.2) is 6.10 Å². The van der Waals surface area contributed by atoms with Crippen molar-refractivity contribution < 1.29 is 14.3 Å². The molecule has 0 saturated carbocycles. The molecule has 0 unspecified atom stereocenters. The number of hydrogen-bond acceptors (Lipinski definition) is 3. The van der Waals surface area contributed by atoms with Gasteiger partial charge in [0.2, 0.25) is 0 Å². The molecular weight excluding hydrogens is 252 g/mol. The molecule has 2 aromatic rings. The van der Waals surface area contributed by atoms with Crippen molar-refractivity contribution in [2.75, 3.05) is 0 Å². The van der Waals surface area contributed by atoms with Crippen LogP contribution in [-0.2, 0) is 9.53 Å². The van der Waals surface area contributed by atoms with E-state index in [-0.39, 0.29) is 12.1 Å². The van der Waals surface area contributed by atoms with Gasteiger partial charge >= 0.3 is 5.97 Å². The van der Waals surface area contributed by atoms with Gasteiger partial charge in [-0.1, -0.05) is 60.7 Å². The van der Waals surface area contributed by atoms with Crippen LogP contribution in [-0.4, -0.2) is 18.2 Å². The summed E-state index contributed by atoms with van der Waals surface area (Å²) in [6.45, 7) is 0. The van der Waals surface area contributed by atoms with Gasteiger partial charge in [-0.2, -0.15) is 0 Å². The first-order chi connectivity index (χ1) is 9.83. The summed E-state index contributed by atoms with van der Waals surface area (Å²) in [5, 5.41) is 0. The monoisotopic (exact) mass is 266 g/mol. The molecule has 3 heteroatoms. The normalized spacial score (nSPS) is 20.8. The van der Waals surface area contributed by atoms with E-state index in [0.717, 1.165) is 5.56 Å². The number of para-hydroxylation sites is 1. The molecule has 3 nitrogen and oxygen atoms in total. The lowest BCUT2D eigenvalue weighted by atomic mass is 10.2. The smallest absolute Gasteiger partial charge is 0.343 e.